The third-order valence-electron chi connectivity index (χ3n) is 0.766. The summed E-state index contributed by atoms with van der Waals surface area (Å²) in [5, 5.41) is 9.36. The Balaban J connectivity index is 2.83. The Labute approximate surface area is 54.9 Å². The maximum Gasteiger partial charge on any atom is 0.185 e. The van der Waals surface area contributed by atoms with E-state index in [4.69, 9.17) is 15.9 Å². The van der Waals surface area contributed by atoms with E-state index in [-0.39, 0.29) is 5.96 Å². The molecule has 0 bridgehead atoms. The van der Waals surface area contributed by atoms with Crippen LogP contribution >= 0.6 is 0 Å². The highest BCUT2D eigenvalue weighted by molar-refractivity contribution is 5.74. The van der Waals surface area contributed by atoms with Crippen LogP contribution in [0.25, 0.3) is 0 Å². The molecule has 4 N–H and O–H groups in total. The first kappa shape index (κ1) is 8.23. The van der Waals surface area contributed by atoms with E-state index in [0.29, 0.717) is 19.8 Å². The normalized spacial score (nSPS) is 9.00. The van der Waals surface area contributed by atoms with E-state index in [0.717, 1.165) is 0 Å². The zero-order valence-electron chi connectivity index (χ0n) is 5.61. The van der Waals surface area contributed by atoms with E-state index < -0.39 is 0 Å². The highest BCUT2D eigenvalue weighted by Gasteiger charge is 1.84. The lowest BCUT2D eigenvalue weighted by Crippen LogP contribution is -2.32. The maximum absolute atomic E-state index is 6.74. The van der Waals surface area contributed by atoms with Gasteiger partial charge in [-0.25, -0.2) is 0 Å². The van der Waals surface area contributed by atoms with Gasteiger partial charge in [-0.1, -0.05) is 0 Å². The van der Waals surface area contributed by atoms with Crippen molar-refractivity contribution in [2.45, 2.75) is 6.92 Å². The van der Waals surface area contributed by atoms with Gasteiger partial charge in [0.1, 0.15) is 0 Å². The zero-order chi connectivity index (χ0) is 7.11. The minimum Gasteiger partial charge on any atom is -0.380 e. The van der Waals surface area contributed by atoms with E-state index in [1.54, 1.807) is 0 Å². The van der Waals surface area contributed by atoms with E-state index in [1.807, 2.05) is 6.92 Å². The zero-order valence-corrected chi connectivity index (χ0v) is 5.61. The highest BCUT2D eigenvalue weighted by Crippen LogP contribution is 1.68. The number of hydrogen-bond acceptors (Lipinski definition) is 2. The number of nitrogens with one attached hydrogen (secondary N) is 2. The lowest BCUT2D eigenvalue weighted by molar-refractivity contribution is 0.152. The number of nitrogens with two attached hydrogens (primary N) is 1. The minimum absolute atomic E-state index is 0.00490. The Kier molecular flexibility index (Phi) is 4.91. The Bertz CT molecular complexity index is 84.3. The van der Waals surface area contributed by atoms with Crippen LogP contribution in [0.3, 0.4) is 0 Å². The van der Waals surface area contributed by atoms with Crippen molar-refractivity contribution in [3.05, 3.63) is 0 Å². The van der Waals surface area contributed by atoms with Crippen LogP contribution in [0, 0.1) is 5.41 Å². The van der Waals surface area contributed by atoms with Crippen LogP contribution < -0.4 is 11.1 Å². The first-order valence-corrected chi connectivity index (χ1v) is 2.93. The molecule has 0 aliphatic heterocycles. The van der Waals surface area contributed by atoms with Crippen molar-refractivity contribution in [2.75, 3.05) is 19.8 Å². The second-order valence-corrected chi connectivity index (χ2v) is 1.54. The van der Waals surface area contributed by atoms with Crippen molar-refractivity contribution < 1.29 is 4.74 Å². The monoisotopic (exact) mass is 131 g/mol. The number of ether oxygens (including phenoxy) is 1. The standard InChI is InChI=1S/C5H13N3O/c1-2-9-4-3-8-5(6)7/h2-4H2,1H3,(H4,6,7,8). The van der Waals surface area contributed by atoms with Gasteiger partial charge in [-0.05, 0) is 6.92 Å². The van der Waals surface area contributed by atoms with Crippen molar-refractivity contribution >= 4 is 5.96 Å². The molecule has 0 heterocycles. The van der Waals surface area contributed by atoms with Crippen LogP contribution in [0.15, 0.2) is 0 Å². The molecule has 0 saturated heterocycles. The van der Waals surface area contributed by atoms with Crippen LogP contribution in [0.2, 0.25) is 0 Å². The van der Waals surface area contributed by atoms with Crippen LogP contribution in [0.4, 0.5) is 0 Å². The summed E-state index contributed by atoms with van der Waals surface area (Å²) in [7, 11) is 0. The van der Waals surface area contributed by atoms with Gasteiger partial charge in [-0.2, -0.15) is 0 Å². The molecule has 0 aromatic heterocycles. The third kappa shape index (κ3) is 7.23. The quantitative estimate of drug-likeness (QED) is 0.274. The fourth-order valence-corrected chi connectivity index (χ4v) is 0.402. The molecule has 0 atom stereocenters. The van der Waals surface area contributed by atoms with Crippen LogP contribution in [-0.4, -0.2) is 25.7 Å². The Morgan fingerprint density at radius 3 is 2.89 bits per heavy atom. The van der Waals surface area contributed by atoms with E-state index in [2.05, 4.69) is 5.32 Å². The Hall–Kier alpha value is -0.770. The van der Waals surface area contributed by atoms with Gasteiger partial charge in [0, 0.05) is 13.2 Å². The van der Waals surface area contributed by atoms with Gasteiger partial charge >= 0.3 is 0 Å². The molecule has 0 aliphatic carbocycles. The lowest BCUT2D eigenvalue weighted by Gasteiger charge is -2.01. The molecule has 0 radical (unpaired) electrons. The summed E-state index contributed by atoms with van der Waals surface area (Å²) in [5.74, 6) is -0.00490. The summed E-state index contributed by atoms with van der Waals surface area (Å²) < 4.78 is 4.97. The molecule has 0 aliphatic rings. The van der Waals surface area contributed by atoms with Crippen LogP contribution in [0.5, 0.6) is 0 Å². The van der Waals surface area contributed by atoms with Crippen molar-refractivity contribution in [2.24, 2.45) is 5.73 Å². The number of guanidine groups is 1. The van der Waals surface area contributed by atoms with Gasteiger partial charge in [0.2, 0.25) is 0 Å². The summed E-state index contributed by atoms with van der Waals surface area (Å²) in [5.41, 5.74) is 4.99. The van der Waals surface area contributed by atoms with Gasteiger partial charge in [-0.15, -0.1) is 0 Å². The molecule has 9 heavy (non-hydrogen) atoms. The minimum atomic E-state index is -0.00490. The SMILES string of the molecule is CCOCCNC(=N)N. The van der Waals surface area contributed by atoms with Gasteiger partial charge in [-0.3, -0.25) is 5.41 Å². The fourth-order valence-electron chi connectivity index (χ4n) is 0.402. The average Bonchev–Trinajstić information content (AvgIpc) is 1.80. The summed E-state index contributed by atoms with van der Waals surface area (Å²) in [6.45, 7) is 3.85. The second-order valence-electron chi connectivity index (χ2n) is 1.54. The van der Waals surface area contributed by atoms with Crippen molar-refractivity contribution in [1.82, 2.24) is 5.32 Å². The first-order chi connectivity index (χ1) is 4.27. The Morgan fingerprint density at radius 1 is 1.78 bits per heavy atom. The van der Waals surface area contributed by atoms with Gasteiger partial charge in [0.05, 0.1) is 6.61 Å². The molecule has 0 spiro atoms. The van der Waals surface area contributed by atoms with Crippen molar-refractivity contribution in [3.8, 4) is 0 Å². The maximum atomic E-state index is 6.74. The molecule has 0 rings (SSSR count). The molecular formula is C5H13N3O. The Morgan fingerprint density at radius 2 is 2.44 bits per heavy atom. The van der Waals surface area contributed by atoms with Crippen molar-refractivity contribution in [3.63, 3.8) is 0 Å². The average molecular weight is 131 g/mol. The topological polar surface area (TPSA) is 71.1 Å². The van der Waals surface area contributed by atoms with Crippen molar-refractivity contribution in [1.29, 1.82) is 5.41 Å². The molecule has 0 fully saturated rings. The fraction of sp³-hybridized carbons (Fsp3) is 0.800. The predicted molar refractivity (Wildman–Crippen MR) is 36.4 cm³/mol. The van der Waals surface area contributed by atoms with E-state index in [1.165, 1.54) is 0 Å². The molecular weight excluding hydrogens is 118 g/mol. The van der Waals surface area contributed by atoms with Gasteiger partial charge in [0.25, 0.3) is 0 Å². The largest absolute Gasteiger partial charge is 0.380 e. The summed E-state index contributed by atoms with van der Waals surface area (Å²) in [6, 6.07) is 0. The molecule has 0 unspecified atom stereocenters. The molecule has 0 saturated carbocycles. The summed E-state index contributed by atoms with van der Waals surface area (Å²) >= 11 is 0. The molecule has 4 heteroatoms. The smallest absolute Gasteiger partial charge is 0.185 e. The molecule has 4 nitrogen and oxygen atoms in total. The van der Waals surface area contributed by atoms with E-state index >= 15 is 0 Å². The second kappa shape index (κ2) is 5.37. The summed E-state index contributed by atoms with van der Waals surface area (Å²) in [6.07, 6.45) is 0. The number of hydrogen-bond donors (Lipinski definition) is 3. The number of rotatable bonds is 4. The lowest BCUT2D eigenvalue weighted by atomic mass is 10.7. The molecule has 0 amide bonds. The summed E-state index contributed by atoms with van der Waals surface area (Å²) in [4.78, 5) is 0. The van der Waals surface area contributed by atoms with E-state index in [9.17, 15) is 0 Å². The molecule has 0 aromatic carbocycles. The van der Waals surface area contributed by atoms with Crippen LogP contribution in [-0.2, 0) is 4.74 Å². The first-order valence-electron chi connectivity index (χ1n) is 2.93. The van der Waals surface area contributed by atoms with Gasteiger partial charge < -0.3 is 15.8 Å². The van der Waals surface area contributed by atoms with Gasteiger partial charge in [0.15, 0.2) is 5.96 Å². The van der Waals surface area contributed by atoms with Crippen LogP contribution in [0.1, 0.15) is 6.92 Å². The molecule has 54 valence electrons. The highest BCUT2D eigenvalue weighted by atomic mass is 16.5. The molecule has 0 aromatic rings. The third-order valence-corrected chi connectivity index (χ3v) is 0.766. The predicted octanol–water partition coefficient (Wildman–Crippen LogP) is -0.494.